The fourth-order valence-electron chi connectivity index (χ4n) is 1.13. The first-order valence-electron chi connectivity index (χ1n) is 4.57. The van der Waals surface area contributed by atoms with Crippen LogP contribution in [-0.2, 0) is 0 Å². The van der Waals surface area contributed by atoms with Crippen molar-refractivity contribution in [2.45, 2.75) is 26.8 Å². The monoisotopic (exact) mass is 303 g/mol. The fraction of sp³-hybridized carbons (Fsp3) is 0.364. The summed E-state index contributed by atoms with van der Waals surface area (Å²) in [6.45, 7) is 5.92. The first-order chi connectivity index (χ1) is 6.50. The molecule has 1 amide bonds. The van der Waals surface area contributed by atoms with E-state index in [1.807, 2.05) is 39.0 Å². The molecule has 0 spiro atoms. The summed E-state index contributed by atoms with van der Waals surface area (Å²) in [5.74, 6) is -0.000463. The minimum atomic E-state index is -0.000463. The van der Waals surface area contributed by atoms with Crippen molar-refractivity contribution in [3.05, 3.63) is 32.9 Å². The predicted octanol–water partition coefficient (Wildman–Crippen LogP) is 2.74. The SMILES string of the molecule is Cc1cc(C(=O)NC(C)C)ccc1I. The van der Waals surface area contributed by atoms with E-state index in [0.29, 0.717) is 0 Å². The largest absolute Gasteiger partial charge is 0.350 e. The smallest absolute Gasteiger partial charge is 0.251 e. The van der Waals surface area contributed by atoms with Crippen molar-refractivity contribution in [3.63, 3.8) is 0 Å². The van der Waals surface area contributed by atoms with Crippen LogP contribution in [-0.4, -0.2) is 11.9 Å². The van der Waals surface area contributed by atoms with Crippen LogP contribution in [0.25, 0.3) is 0 Å². The number of hydrogen-bond donors (Lipinski definition) is 1. The van der Waals surface area contributed by atoms with Crippen molar-refractivity contribution in [3.8, 4) is 0 Å². The molecule has 0 aliphatic heterocycles. The van der Waals surface area contributed by atoms with Gasteiger partial charge >= 0.3 is 0 Å². The van der Waals surface area contributed by atoms with Crippen LogP contribution in [0.1, 0.15) is 29.8 Å². The molecule has 0 atom stereocenters. The minimum absolute atomic E-state index is 0.000463. The quantitative estimate of drug-likeness (QED) is 0.836. The van der Waals surface area contributed by atoms with Gasteiger partial charge < -0.3 is 5.32 Å². The molecule has 76 valence electrons. The molecule has 0 bridgehead atoms. The summed E-state index contributed by atoms with van der Waals surface area (Å²) in [5.41, 5.74) is 1.87. The van der Waals surface area contributed by atoms with Gasteiger partial charge in [0.2, 0.25) is 0 Å². The summed E-state index contributed by atoms with van der Waals surface area (Å²) >= 11 is 2.26. The highest BCUT2D eigenvalue weighted by Gasteiger charge is 2.07. The topological polar surface area (TPSA) is 29.1 Å². The van der Waals surface area contributed by atoms with Gasteiger partial charge in [0.05, 0.1) is 0 Å². The third-order valence-corrected chi connectivity index (χ3v) is 3.05. The van der Waals surface area contributed by atoms with Crippen LogP contribution in [0.3, 0.4) is 0 Å². The Labute approximate surface area is 98.2 Å². The van der Waals surface area contributed by atoms with E-state index in [1.165, 1.54) is 3.57 Å². The molecule has 1 N–H and O–H groups in total. The first kappa shape index (κ1) is 11.5. The third-order valence-electron chi connectivity index (χ3n) is 1.84. The van der Waals surface area contributed by atoms with Crippen LogP contribution in [0.4, 0.5) is 0 Å². The average Bonchev–Trinajstić information content (AvgIpc) is 2.08. The summed E-state index contributed by atoms with van der Waals surface area (Å²) in [6.07, 6.45) is 0. The zero-order valence-corrected chi connectivity index (χ0v) is 10.8. The molecule has 14 heavy (non-hydrogen) atoms. The Morgan fingerprint density at radius 1 is 1.43 bits per heavy atom. The van der Waals surface area contributed by atoms with Gasteiger partial charge in [-0.15, -0.1) is 0 Å². The first-order valence-corrected chi connectivity index (χ1v) is 5.65. The van der Waals surface area contributed by atoms with Crippen molar-refractivity contribution in [1.29, 1.82) is 0 Å². The van der Waals surface area contributed by atoms with Gasteiger partial charge in [-0.2, -0.15) is 0 Å². The Bertz CT molecular complexity index is 347. The lowest BCUT2D eigenvalue weighted by Gasteiger charge is -2.09. The molecule has 2 nitrogen and oxygen atoms in total. The van der Waals surface area contributed by atoms with E-state index < -0.39 is 0 Å². The zero-order chi connectivity index (χ0) is 10.7. The van der Waals surface area contributed by atoms with Crippen molar-refractivity contribution in [1.82, 2.24) is 5.32 Å². The molecule has 1 aromatic rings. The van der Waals surface area contributed by atoms with E-state index in [0.717, 1.165) is 11.1 Å². The van der Waals surface area contributed by atoms with E-state index in [1.54, 1.807) is 0 Å². The average molecular weight is 303 g/mol. The fourth-order valence-corrected chi connectivity index (χ4v) is 1.47. The molecule has 0 aromatic heterocycles. The molecule has 0 radical (unpaired) electrons. The Hall–Kier alpha value is -0.580. The molecule has 3 heteroatoms. The Morgan fingerprint density at radius 3 is 2.57 bits per heavy atom. The second kappa shape index (κ2) is 4.77. The molecule has 0 unspecified atom stereocenters. The van der Waals surface area contributed by atoms with Gasteiger partial charge in [-0.1, -0.05) is 0 Å². The van der Waals surface area contributed by atoms with Crippen LogP contribution >= 0.6 is 22.6 Å². The van der Waals surface area contributed by atoms with Crippen LogP contribution in [0.2, 0.25) is 0 Å². The van der Waals surface area contributed by atoms with Crippen LogP contribution in [0.15, 0.2) is 18.2 Å². The van der Waals surface area contributed by atoms with Gasteiger partial charge in [0.1, 0.15) is 0 Å². The molecular formula is C11H14INO. The maximum Gasteiger partial charge on any atom is 0.251 e. The maximum atomic E-state index is 11.6. The summed E-state index contributed by atoms with van der Waals surface area (Å²) < 4.78 is 1.18. The van der Waals surface area contributed by atoms with E-state index in [4.69, 9.17) is 0 Å². The highest BCUT2D eigenvalue weighted by Crippen LogP contribution is 2.13. The molecule has 1 aromatic carbocycles. The lowest BCUT2D eigenvalue weighted by molar-refractivity contribution is 0.0943. The van der Waals surface area contributed by atoms with Crippen molar-refractivity contribution in [2.24, 2.45) is 0 Å². The van der Waals surface area contributed by atoms with E-state index in [2.05, 4.69) is 27.9 Å². The number of rotatable bonds is 2. The van der Waals surface area contributed by atoms with Gasteiger partial charge in [-0.25, -0.2) is 0 Å². The van der Waals surface area contributed by atoms with Crippen LogP contribution in [0.5, 0.6) is 0 Å². The molecule has 0 saturated carbocycles. The summed E-state index contributed by atoms with van der Waals surface area (Å²) in [6, 6.07) is 5.92. The number of halogens is 1. The number of nitrogens with one attached hydrogen (secondary N) is 1. The Kier molecular flexibility index (Phi) is 3.92. The van der Waals surface area contributed by atoms with Gasteiger partial charge in [-0.05, 0) is 67.1 Å². The van der Waals surface area contributed by atoms with E-state index in [-0.39, 0.29) is 11.9 Å². The summed E-state index contributed by atoms with van der Waals surface area (Å²) in [5, 5.41) is 2.86. The van der Waals surface area contributed by atoms with E-state index >= 15 is 0 Å². The molecule has 1 rings (SSSR count). The summed E-state index contributed by atoms with van der Waals surface area (Å²) in [7, 11) is 0. The molecule has 0 fully saturated rings. The molecule has 0 saturated heterocycles. The number of amides is 1. The van der Waals surface area contributed by atoms with Crippen molar-refractivity contribution in [2.75, 3.05) is 0 Å². The zero-order valence-electron chi connectivity index (χ0n) is 8.60. The van der Waals surface area contributed by atoms with Gasteiger partial charge in [0, 0.05) is 15.2 Å². The van der Waals surface area contributed by atoms with Crippen molar-refractivity contribution >= 4 is 28.5 Å². The highest BCUT2D eigenvalue weighted by molar-refractivity contribution is 14.1. The molecule has 0 aliphatic rings. The van der Waals surface area contributed by atoms with Crippen LogP contribution in [0, 0.1) is 10.5 Å². The van der Waals surface area contributed by atoms with Gasteiger partial charge in [-0.3, -0.25) is 4.79 Å². The number of benzene rings is 1. The van der Waals surface area contributed by atoms with Gasteiger partial charge in [0.25, 0.3) is 5.91 Å². The Balaban J connectivity index is 2.86. The number of carbonyl (C=O) groups excluding carboxylic acids is 1. The minimum Gasteiger partial charge on any atom is -0.350 e. The number of hydrogen-bond acceptors (Lipinski definition) is 1. The normalized spacial score (nSPS) is 10.4. The maximum absolute atomic E-state index is 11.6. The Morgan fingerprint density at radius 2 is 2.07 bits per heavy atom. The lowest BCUT2D eigenvalue weighted by Crippen LogP contribution is -2.30. The lowest BCUT2D eigenvalue weighted by atomic mass is 10.1. The number of carbonyl (C=O) groups is 1. The highest BCUT2D eigenvalue weighted by atomic mass is 127. The van der Waals surface area contributed by atoms with Crippen molar-refractivity contribution < 1.29 is 4.79 Å². The van der Waals surface area contributed by atoms with Crippen LogP contribution < -0.4 is 5.32 Å². The number of aryl methyl sites for hydroxylation is 1. The molecular weight excluding hydrogens is 289 g/mol. The molecule has 0 aliphatic carbocycles. The predicted molar refractivity (Wildman–Crippen MR) is 66.5 cm³/mol. The van der Waals surface area contributed by atoms with Gasteiger partial charge in [0.15, 0.2) is 0 Å². The second-order valence-electron chi connectivity index (χ2n) is 3.59. The summed E-state index contributed by atoms with van der Waals surface area (Å²) in [4.78, 5) is 11.6. The molecule has 0 heterocycles. The van der Waals surface area contributed by atoms with E-state index in [9.17, 15) is 4.79 Å². The second-order valence-corrected chi connectivity index (χ2v) is 4.75. The third kappa shape index (κ3) is 2.97. The standard InChI is InChI=1S/C11H14INO/c1-7(2)13-11(14)9-4-5-10(12)8(3)6-9/h4-7H,1-3H3,(H,13,14).